The van der Waals surface area contributed by atoms with Crippen LogP contribution in [0.1, 0.15) is 24.6 Å². The smallest absolute Gasteiger partial charge is 0.136 e. The van der Waals surface area contributed by atoms with Crippen molar-refractivity contribution >= 4 is 5.82 Å². The van der Waals surface area contributed by atoms with Crippen molar-refractivity contribution < 1.29 is 4.74 Å². The SMILES string of the molecule is CNc1cc(-c2ccccc2)nc(C2CCCOC2)n1. The van der Waals surface area contributed by atoms with E-state index in [-0.39, 0.29) is 0 Å². The van der Waals surface area contributed by atoms with E-state index in [9.17, 15) is 0 Å². The first-order valence-electron chi connectivity index (χ1n) is 7.06. The van der Waals surface area contributed by atoms with E-state index in [0.29, 0.717) is 5.92 Å². The third kappa shape index (κ3) is 2.80. The Morgan fingerprint density at radius 1 is 1.20 bits per heavy atom. The number of anilines is 1. The molecular formula is C16H19N3O. The van der Waals surface area contributed by atoms with E-state index in [1.54, 1.807) is 0 Å². The zero-order valence-corrected chi connectivity index (χ0v) is 11.7. The van der Waals surface area contributed by atoms with E-state index < -0.39 is 0 Å². The molecule has 1 aromatic carbocycles. The number of hydrogen-bond donors (Lipinski definition) is 1. The number of nitrogens with one attached hydrogen (secondary N) is 1. The molecule has 20 heavy (non-hydrogen) atoms. The second-order valence-corrected chi connectivity index (χ2v) is 5.03. The molecule has 1 unspecified atom stereocenters. The highest BCUT2D eigenvalue weighted by atomic mass is 16.5. The summed E-state index contributed by atoms with van der Waals surface area (Å²) in [5.74, 6) is 2.05. The number of aromatic nitrogens is 2. The summed E-state index contributed by atoms with van der Waals surface area (Å²) in [6.45, 7) is 1.58. The van der Waals surface area contributed by atoms with Gasteiger partial charge >= 0.3 is 0 Å². The third-order valence-electron chi connectivity index (χ3n) is 3.59. The molecule has 1 saturated heterocycles. The van der Waals surface area contributed by atoms with Gasteiger partial charge in [0.25, 0.3) is 0 Å². The molecule has 0 radical (unpaired) electrons. The lowest BCUT2D eigenvalue weighted by molar-refractivity contribution is 0.0781. The maximum absolute atomic E-state index is 5.56. The lowest BCUT2D eigenvalue weighted by atomic mass is 10.0. The Balaban J connectivity index is 1.98. The lowest BCUT2D eigenvalue weighted by Crippen LogP contribution is -2.18. The predicted molar refractivity (Wildman–Crippen MR) is 79.8 cm³/mol. The first kappa shape index (κ1) is 13.1. The summed E-state index contributed by atoms with van der Waals surface area (Å²) >= 11 is 0. The first-order chi connectivity index (χ1) is 9.86. The molecule has 0 aliphatic carbocycles. The van der Waals surface area contributed by atoms with Crippen molar-refractivity contribution in [3.05, 3.63) is 42.2 Å². The van der Waals surface area contributed by atoms with Crippen molar-refractivity contribution in [3.8, 4) is 11.3 Å². The monoisotopic (exact) mass is 269 g/mol. The number of nitrogens with zero attached hydrogens (tertiary/aromatic N) is 2. The van der Waals surface area contributed by atoms with Gasteiger partial charge in [0.05, 0.1) is 12.3 Å². The van der Waals surface area contributed by atoms with Crippen LogP contribution in [0.3, 0.4) is 0 Å². The molecule has 1 fully saturated rings. The molecule has 4 heteroatoms. The van der Waals surface area contributed by atoms with Gasteiger partial charge in [-0.05, 0) is 12.8 Å². The van der Waals surface area contributed by atoms with Crippen LogP contribution in [0.15, 0.2) is 36.4 Å². The average Bonchev–Trinajstić information content (AvgIpc) is 2.56. The largest absolute Gasteiger partial charge is 0.381 e. The molecule has 1 aliphatic rings. The van der Waals surface area contributed by atoms with Crippen molar-refractivity contribution in [1.82, 2.24) is 9.97 Å². The van der Waals surface area contributed by atoms with E-state index >= 15 is 0 Å². The summed E-state index contributed by atoms with van der Waals surface area (Å²) in [5, 5.41) is 3.12. The van der Waals surface area contributed by atoms with Gasteiger partial charge in [-0.25, -0.2) is 9.97 Å². The molecule has 1 aliphatic heterocycles. The van der Waals surface area contributed by atoms with Crippen LogP contribution in [0, 0.1) is 0 Å². The van der Waals surface area contributed by atoms with Crippen molar-refractivity contribution in [2.75, 3.05) is 25.6 Å². The highest BCUT2D eigenvalue weighted by molar-refractivity contribution is 5.62. The molecule has 1 N–H and O–H groups in total. The minimum Gasteiger partial charge on any atom is -0.381 e. The Hall–Kier alpha value is -1.94. The summed E-state index contributed by atoms with van der Waals surface area (Å²) in [6.07, 6.45) is 2.18. The van der Waals surface area contributed by atoms with Gasteiger partial charge in [0.15, 0.2) is 0 Å². The van der Waals surface area contributed by atoms with E-state index in [1.807, 2.05) is 31.3 Å². The van der Waals surface area contributed by atoms with Gasteiger partial charge in [-0.2, -0.15) is 0 Å². The summed E-state index contributed by atoms with van der Waals surface area (Å²) in [4.78, 5) is 9.34. The average molecular weight is 269 g/mol. The Morgan fingerprint density at radius 2 is 2.05 bits per heavy atom. The fourth-order valence-corrected chi connectivity index (χ4v) is 2.48. The van der Waals surface area contributed by atoms with Gasteiger partial charge in [-0.3, -0.25) is 0 Å². The van der Waals surface area contributed by atoms with Gasteiger partial charge in [-0.15, -0.1) is 0 Å². The van der Waals surface area contributed by atoms with E-state index in [0.717, 1.165) is 49.0 Å². The Morgan fingerprint density at radius 3 is 2.75 bits per heavy atom. The Kier molecular flexibility index (Phi) is 3.92. The van der Waals surface area contributed by atoms with Crippen LogP contribution in [0.5, 0.6) is 0 Å². The standard InChI is InChI=1S/C16H19N3O/c1-17-15-10-14(12-6-3-2-4-7-12)18-16(19-15)13-8-5-9-20-11-13/h2-4,6-7,10,13H,5,8-9,11H2,1H3,(H,17,18,19). The zero-order chi connectivity index (χ0) is 13.8. The van der Waals surface area contributed by atoms with Gasteiger partial charge < -0.3 is 10.1 Å². The Labute approximate surface area is 119 Å². The molecule has 2 heterocycles. The van der Waals surface area contributed by atoms with E-state index in [4.69, 9.17) is 9.72 Å². The topological polar surface area (TPSA) is 47.0 Å². The molecule has 0 bridgehead atoms. The molecular weight excluding hydrogens is 250 g/mol. The maximum Gasteiger partial charge on any atom is 0.136 e. The molecule has 4 nitrogen and oxygen atoms in total. The zero-order valence-electron chi connectivity index (χ0n) is 11.7. The summed E-state index contributed by atoms with van der Waals surface area (Å²) in [6, 6.07) is 12.2. The maximum atomic E-state index is 5.56. The molecule has 1 atom stereocenters. The van der Waals surface area contributed by atoms with Gasteiger partial charge in [0.1, 0.15) is 11.6 Å². The first-order valence-corrected chi connectivity index (χ1v) is 7.06. The third-order valence-corrected chi connectivity index (χ3v) is 3.59. The van der Waals surface area contributed by atoms with Crippen molar-refractivity contribution in [2.24, 2.45) is 0 Å². The number of hydrogen-bond acceptors (Lipinski definition) is 4. The molecule has 0 saturated carbocycles. The fourth-order valence-electron chi connectivity index (χ4n) is 2.48. The summed E-state index contributed by atoms with van der Waals surface area (Å²) < 4.78 is 5.56. The van der Waals surface area contributed by atoms with Crippen LogP contribution in [-0.4, -0.2) is 30.2 Å². The number of ether oxygens (including phenoxy) is 1. The second kappa shape index (κ2) is 6.01. The molecule has 0 amide bonds. The number of benzene rings is 1. The van der Waals surface area contributed by atoms with Crippen molar-refractivity contribution in [2.45, 2.75) is 18.8 Å². The summed E-state index contributed by atoms with van der Waals surface area (Å²) in [5.41, 5.74) is 2.08. The van der Waals surface area contributed by atoms with Gasteiger partial charge in [0, 0.05) is 31.2 Å². The van der Waals surface area contributed by atoms with Crippen LogP contribution in [0.25, 0.3) is 11.3 Å². The van der Waals surface area contributed by atoms with E-state index in [1.165, 1.54) is 0 Å². The van der Waals surface area contributed by atoms with Crippen LogP contribution in [0.4, 0.5) is 5.82 Å². The van der Waals surface area contributed by atoms with Crippen LogP contribution in [-0.2, 0) is 4.74 Å². The number of rotatable bonds is 3. The van der Waals surface area contributed by atoms with Crippen LogP contribution < -0.4 is 5.32 Å². The molecule has 2 aromatic rings. The van der Waals surface area contributed by atoms with Crippen LogP contribution in [0.2, 0.25) is 0 Å². The molecule has 3 rings (SSSR count). The lowest BCUT2D eigenvalue weighted by Gasteiger charge is -2.21. The molecule has 1 aromatic heterocycles. The van der Waals surface area contributed by atoms with Gasteiger partial charge in [-0.1, -0.05) is 30.3 Å². The predicted octanol–water partition coefficient (Wildman–Crippen LogP) is 3.08. The quantitative estimate of drug-likeness (QED) is 0.930. The highest BCUT2D eigenvalue weighted by Gasteiger charge is 2.20. The molecule has 0 spiro atoms. The minimum atomic E-state index is 0.305. The fraction of sp³-hybridized carbons (Fsp3) is 0.375. The van der Waals surface area contributed by atoms with Crippen molar-refractivity contribution in [1.29, 1.82) is 0 Å². The highest BCUT2D eigenvalue weighted by Crippen LogP contribution is 2.26. The summed E-state index contributed by atoms with van der Waals surface area (Å²) in [7, 11) is 1.89. The van der Waals surface area contributed by atoms with Crippen molar-refractivity contribution in [3.63, 3.8) is 0 Å². The minimum absolute atomic E-state index is 0.305. The Bertz CT molecular complexity index is 565. The van der Waals surface area contributed by atoms with E-state index in [2.05, 4.69) is 22.4 Å². The second-order valence-electron chi connectivity index (χ2n) is 5.03. The molecule has 104 valence electrons. The normalized spacial score (nSPS) is 18.8. The van der Waals surface area contributed by atoms with Crippen LogP contribution >= 0.6 is 0 Å². The van der Waals surface area contributed by atoms with Gasteiger partial charge in [0.2, 0.25) is 0 Å².